The number of aromatic nitrogens is 6. The van der Waals surface area contributed by atoms with Gasteiger partial charge in [-0.05, 0) is 90.6 Å². The molecule has 13 nitrogen and oxygen atoms in total. The highest BCUT2D eigenvalue weighted by Gasteiger charge is 2.69. The number of halogens is 18. The summed E-state index contributed by atoms with van der Waals surface area (Å²) in [5, 5.41) is 21.7. The Morgan fingerprint density at radius 1 is 0.694 bits per heavy atom. The maximum atomic E-state index is 14.4. The molecule has 2 saturated heterocycles. The minimum absolute atomic E-state index is 0.0147. The van der Waals surface area contributed by atoms with E-state index in [1.54, 1.807) is 20.8 Å². The lowest BCUT2D eigenvalue weighted by atomic mass is 9.79. The van der Waals surface area contributed by atoms with Crippen LogP contribution in [0.4, 0.5) is 79.0 Å². The first kappa shape index (κ1) is 66.6. The van der Waals surface area contributed by atoms with Crippen molar-refractivity contribution < 1.29 is 103 Å². The standard InChI is InChI=1S/C27H26F10N4O3S.C25H26F8N4O2S/c1-13-8-25(30,31)11-41(13)10-17-19(45-22(38-17)21-39-18(44-40-21)9-23(2,3)43-12-42)15-6-5-14(7-16(15)20(28)29)24(4,26(32,33)34)27(35,36)37;1-12-8-14(22(5,24(28,29)30)25(31,32)33)6-7-15(12)17-16(10-37-11-23(26,27)9-13(37)2)34-19(40-17)18-35-36-20(39-18)21(3,4)38/h5-7,12-13,20H,8-11H2,1-4H3;6-8,13,38H,9-11H2,1-5H3/t2*13-/m00/s1. The highest BCUT2D eigenvalue weighted by Crippen LogP contribution is 2.55. The molecule has 2 aliphatic heterocycles. The van der Waals surface area contributed by atoms with E-state index in [1.807, 2.05) is 0 Å². The normalized spacial score (nSPS) is 18.6. The van der Waals surface area contributed by atoms with Crippen LogP contribution in [0.25, 0.3) is 42.6 Å². The Morgan fingerprint density at radius 2 is 1.15 bits per heavy atom. The van der Waals surface area contributed by atoms with Gasteiger partial charge in [0.15, 0.2) is 20.8 Å². The van der Waals surface area contributed by atoms with Crippen molar-refractivity contribution in [3.63, 3.8) is 0 Å². The predicted molar refractivity (Wildman–Crippen MR) is 269 cm³/mol. The van der Waals surface area contributed by atoms with Crippen LogP contribution in [0.1, 0.15) is 120 Å². The predicted octanol–water partition coefficient (Wildman–Crippen LogP) is 14.9. The Hall–Kier alpha value is -5.93. The van der Waals surface area contributed by atoms with Crippen LogP contribution in [0.5, 0.6) is 0 Å². The molecule has 2 aromatic carbocycles. The molecule has 2 aliphatic rings. The number of rotatable bonds is 16. The molecule has 0 saturated carbocycles. The summed E-state index contributed by atoms with van der Waals surface area (Å²) in [6, 6.07) is 2.85. The lowest BCUT2D eigenvalue weighted by Gasteiger charge is -2.34. The van der Waals surface area contributed by atoms with Crippen molar-refractivity contribution in [2.45, 2.75) is 172 Å². The van der Waals surface area contributed by atoms with Crippen molar-refractivity contribution in [1.82, 2.24) is 40.1 Å². The van der Waals surface area contributed by atoms with E-state index in [2.05, 4.69) is 30.3 Å². The monoisotopic (exact) mass is 1270 g/mol. The number of carbonyl (C=O) groups excluding carboxylic acids is 1. The van der Waals surface area contributed by atoms with E-state index in [4.69, 9.17) is 13.7 Å². The van der Waals surface area contributed by atoms with Gasteiger partial charge in [0.05, 0.1) is 40.7 Å². The number of ether oxygens (including phenoxy) is 1. The van der Waals surface area contributed by atoms with Crippen LogP contribution in [0, 0.1) is 6.92 Å². The number of hydrogen-bond donors (Lipinski definition) is 1. The molecule has 0 radical (unpaired) electrons. The molecule has 6 heterocycles. The number of benzene rings is 2. The number of nitrogens with zero attached hydrogens (tertiary/aromatic N) is 8. The molecule has 0 amide bonds. The third-order valence-corrected chi connectivity index (χ3v) is 16.8. The fourth-order valence-corrected chi connectivity index (χ4v) is 11.6. The lowest BCUT2D eigenvalue weighted by molar-refractivity contribution is -0.298. The Labute approximate surface area is 479 Å². The van der Waals surface area contributed by atoms with Crippen molar-refractivity contribution in [1.29, 1.82) is 0 Å². The number of alkyl halides is 18. The van der Waals surface area contributed by atoms with E-state index in [0.29, 0.717) is 28.3 Å². The van der Waals surface area contributed by atoms with Gasteiger partial charge in [-0.1, -0.05) is 35.5 Å². The van der Waals surface area contributed by atoms with Gasteiger partial charge >= 0.3 is 24.7 Å². The second-order valence-corrected chi connectivity index (χ2v) is 24.2. The number of aryl methyl sites for hydroxylation is 1. The summed E-state index contributed by atoms with van der Waals surface area (Å²) in [7, 11) is 0. The van der Waals surface area contributed by atoms with Crippen molar-refractivity contribution in [2.24, 2.45) is 0 Å². The fourth-order valence-electron chi connectivity index (χ4n) is 9.46. The second-order valence-electron chi connectivity index (χ2n) is 22.2. The van der Waals surface area contributed by atoms with E-state index in [-0.39, 0.29) is 113 Å². The molecule has 0 unspecified atom stereocenters. The molecule has 0 bridgehead atoms. The van der Waals surface area contributed by atoms with Gasteiger partial charge in [-0.3, -0.25) is 14.6 Å². The van der Waals surface area contributed by atoms with Gasteiger partial charge < -0.3 is 18.8 Å². The molecule has 468 valence electrons. The molecule has 8 rings (SSSR count). The van der Waals surface area contributed by atoms with Crippen molar-refractivity contribution in [3.05, 3.63) is 81.8 Å². The van der Waals surface area contributed by atoms with Gasteiger partial charge in [0, 0.05) is 49.1 Å². The summed E-state index contributed by atoms with van der Waals surface area (Å²) in [4.78, 5) is 26.8. The first-order chi connectivity index (χ1) is 38.7. The summed E-state index contributed by atoms with van der Waals surface area (Å²) < 4.78 is 265. The van der Waals surface area contributed by atoms with E-state index in [1.165, 1.54) is 37.5 Å². The fraction of sp³-hybridized carbons (Fsp3) is 0.558. The maximum Gasteiger partial charge on any atom is 0.406 e. The summed E-state index contributed by atoms with van der Waals surface area (Å²) in [5.74, 6) is -6.38. The number of hydrogen-bond acceptors (Lipinski definition) is 15. The number of thiazole rings is 2. The van der Waals surface area contributed by atoms with Crippen LogP contribution in [-0.4, -0.2) is 119 Å². The zero-order chi connectivity index (χ0) is 63.8. The zero-order valence-corrected chi connectivity index (χ0v) is 47.6. The molecular formula is C52H52F18N8O5S2. The zero-order valence-electron chi connectivity index (χ0n) is 46.0. The number of aliphatic hydroxyl groups is 1. The third kappa shape index (κ3) is 13.8. The van der Waals surface area contributed by atoms with E-state index < -0.39 is 119 Å². The van der Waals surface area contributed by atoms with Crippen LogP contribution in [0.3, 0.4) is 0 Å². The molecule has 6 aromatic rings. The van der Waals surface area contributed by atoms with E-state index in [9.17, 15) is 88.9 Å². The largest absolute Gasteiger partial charge is 0.461 e. The Bertz CT molecular complexity index is 3330. The quantitative estimate of drug-likeness (QED) is 0.0722. The average Bonchev–Trinajstić information content (AvgIpc) is 2.09. The number of likely N-dealkylation sites (tertiary alicyclic amines) is 2. The first-order valence-electron chi connectivity index (χ1n) is 25.3. The molecule has 85 heavy (non-hydrogen) atoms. The van der Waals surface area contributed by atoms with Gasteiger partial charge in [0.1, 0.15) is 11.2 Å². The average molecular weight is 1280 g/mol. The molecule has 1 N–H and O–H groups in total. The summed E-state index contributed by atoms with van der Waals surface area (Å²) in [6.45, 7) is 8.96. The highest BCUT2D eigenvalue weighted by atomic mass is 32.1. The van der Waals surface area contributed by atoms with E-state index >= 15 is 0 Å². The molecule has 2 atom stereocenters. The van der Waals surface area contributed by atoms with Gasteiger partial charge in [-0.15, -0.1) is 32.9 Å². The van der Waals surface area contributed by atoms with Crippen LogP contribution in [-0.2, 0) is 45.5 Å². The summed E-state index contributed by atoms with van der Waals surface area (Å²) in [6.07, 6.45) is -27.4. The smallest absolute Gasteiger partial charge is 0.406 e. The van der Waals surface area contributed by atoms with Gasteiger partial charge in [-0.2, -0.15) is 57.7 Å². The van der Waals surface area contributed by atoms with Crippen molar-refractivity contribution in [2.75, 3.05) is 13.1 Å². The van der Waals surface area contributed by atoms with Crippen molar-refractivity contribution >= 4 is 29.1 Å². The maximum absolute atomic E-state index is 14.4. The summed E-state index contributed by atoms with van der Waals surface area (Å²) >= 11 is 1.64. The van der Waals surface area contributed by atoms with Crippen molar-refractivity contribution in [3.8, 4) is 42.6 Å². The molecule has 33 heteroatoms. The minimum atomic E-state index is -5.88. The van der Waals surface area contributed by atoms with Crippen LogP contribution < -0.4 is 0 Å². The van der Waals surface area contributed by atoms with Gasteiger partial charge in [0.25, 0.3) is 30.6 Å². The Kier molecular flexibility index (Phi) is 18.0. The highest BCUT2D eigenvalue weighted by molar-refractivity contribution is 7.18. The first-order valence-corrected chi connectivity index (χ1v) is 26.9. The summed E-state index contributed by atoms with van der Waals surface area (Å²) in [5.41, 5.74) is -14.6. The topological polar surface area (TPSA) is 157 Å². The Morgan fingerprint density at radius 3 is 1.58 bits per heavy atom. The van der Waals surface area contributed by atoms with Crippen LogP contribution in [0.2, 0.25) is 0 Å². The van der Waals surface area contributed by atoms with E-state index in [0.717, 1.165) is 29.5 Å². The molecular weight excluding hydrogens is 1220 g/mol. The molecule has 4 aromatic heterocycles. The molecule has 2 fully saturated rings. The van der Waals surface area contributed by atoms with Gasteiger partial charge in [0.2, 0.25) is 17.6 Å². The third-order valence-electron chi connectivity index (χ3n) is 14.6. The second kappa shape index (κ2) is 23.0. The minimum Gasteiger partial charge on any atom is -0.461 e. The molecule has 0 aliphatic carbocycles. The lowest BCUT2D eigenvalue weighted by Crippen LogP contribution is -2.51. The number of carbonyl (C=O) groups is 1. The van der Waals surface area contributed by atoms with Gasteiger partial charge in [-0.25, -0.2) is 36.3 Å². The molecule has 0 spiro atoms. The Balaban J connectivity index is 0.000000245. The SMILES string of the molecule is C[C@H]1CC(F)(F)CN1Cc1nc(-c2noc(CC(C)(C)OC=O)n2)sc1-c1ccc(C(C)(C(F)(F)F)C(F)(F)F)cc1C(F)F.Cc1cc(C(C)(C(F)(F)F)C(F)(F)F)ccc1-c1sc(-c2nnc(C(C)(C)O)o2)nc1CN1CC(F)(F)C[C@@H]1C. The van der Waals surface area contributed by atoms with Crippen LogP contribution in [0.15, 0.2) is 45.3 Å². The van der Waals surface area contributed by atoms with Crippen LogP contribution >= 0.6 is 22.7 Å².